The largest absolute Gasteiger partial charge is 0.451 e. The molecule has 0 radical (unpaired) electrons. The fourth-order valence-electron chi connectivity index (χ4n) is 1.40. The van der Waals surface area contributed by atoms with E-state index in [0.717, 1.165) is 6.07 Å². The van der Waals surface area contributed by atoms with Gasteiger partial charge in [0.1, 0.15) is 5.82 Å². The van der Waals surface area contributed by atoms with Crippen LogP contribution in [0.2, 0.25) is 0 Å². The number of rotatable bonds is 2. The van der Waals surface area contributed by atoms with E-state index in [4.69, 9.17) is 0 Å². The smallest absolute Gasteiger partial charge is 0.373 e. The summed E-state index contributed by atoms with van der Waals surface area (Å²) in [6, 6.07) is 1.04. The minimum Gasteiger partial charge on any atom is -0.373 e. The Labute approximate surface area is 113 Å². The van der Waals surface area contributed by atoms with Gasteiger partial charge < -0.3 is 5.32 Å². The van der Waals surface area contributed by atoms with Crippen molar-refractivity contribution in [2.24, 2.45) is 0 Å². The standard InChI is InChI=1S/C10H7F6N5/c1-17-6-2-7(20-8(19-6)10(14,15)16)21-4-5(3-18-21)9(11,12)13/h2-4H,1H3,(H,17,19,20). The second-order valence-electron chi connectivity index (χ2n) is 3.85. The average molecular weight is 311 g/mol. The SMILES string of the molecule is CNc1cc(-n2cc(C(F)(F)F)cn2)nc(C(F)(F)F)n1. The number of nitrogens with zero attached hydrogens (tertiary/aromatic N) is 4. The lowest BCUT2D eigenvalue weighted by Crippen LogP contribution is -2.15. The minimum atomic E-state index is -4.83. The Morgan fingerprint density at radius 3 is 2.19 bits per heavy atom. The van der Waals surface area contributed by atoms with Crippen LogP contribution in [0.25, 0.3) is 5.82 Å². The highest BCUT2D eigenvalue weighted by Gasteiger charge is 2.36. The zero-order valence-electron chi connectivity index (χ0n) is 10.3. The number of aromatic nitrogens is 4. The zero-order chi connectivity index (χ0) is 15.8. The Balaban J connectivity index is 2.51. The van der Waals surface area contributed by atoms with E-state index < -0.39 is 29.6 Å². The van der Waals surface area contributed by atoms with E-state index in [1.165, 1.54) is 7.05 Å². The van der Waals surface area contributed by atoms with E-state index in [0.29, 0.717) is 17.1 Å². The molecular formula is C10H7F6N5. The van der Waals surface area contributed by atoms with Gasteiger partial charge in [0.05, 0.1) is 11.8 Å². The Morgan fingerprint density at radius 2 is 1.71 bits per heavy atom. The first-order chi connectivity index (χ1) is 9.61. The van der Waals surface area contributed by atoms with Crippen molar-refractivity contribution >= 4 is 5.82 Å². The molecule has 0 aromatic carbocycles. The molecule has 114 valence electrons. The molecule has 0 aliphatic carbocycles. The highest BCUT2D eigenvalue weighted by atomic mass is 19.4. The summed E-state index contributed by atoms with van der Waals surface area (Å²) in [5, 5.41) is 5.73. The molecule has 2 aromatic heterocycles. The maximum absolute atomic E-state index is 12.6. The minimum absolute atomic E-state index is 0.198. The molecule has 2 heterocycles. The van der Waals surface area contributed by atoms with Crippen LogP contribution < -0.4 is 5.32 Å². The van der Waals surface area contributed by atoms with Crippen LogP contribution in [0, 0.1) is 0 Å². The van der Waals surface area contributed by atoms with E-state index in [1.54, 1.807) is 0 Å². The van der Waals surface area contributed by atoms with Gasteiger partial charge in [0.15, 0.2) is 5.82 Å². The number of anilines is 1. The highest BCUT2D eigenvalue weighted by molar-refractivity contribution is 5.41. The number of alkyl halides is 6. The summed E-state index contributed by atoms with van der Waals surface area (Å²) in [7, 11) is 1.32. The van der Waals surface area contributed by atoms with Gasteiger partial charge in [-0.25, -0.2) is 14.6 Å². The van der Waals surface area contributed by atoms with Gasteiger partial charge in [0.25, 0.3) is 0 Å². The fourth-order valence-corrected chi connectivity index (χ4v) is 1.40. The van der Waals surface area contributed by atoms with Gasteiger partial charge in [0, 0.05) is 19.3 Å². The summed E-state index contributed by atoms with van der Waals surface area (Å²) in [5.74, 6) is -2.11. The van der Waals surface area contributed by atoms with E-state index in [2.05, 4.69) is 20.4 Å². The molecule has 5 nitrogen and oxygen atoms in total. The molecule has 0 spiro atoms. The molecule has 0 fully saturated rings. The van der Waals surface area contributed by atoms with Crippen molar-refractivity contribution in [2.45, 2.75) is 12.4 Å². The number of nitrogens with one attached hydrogen (secondary N) is 1. The highest BCUT2D eigenvalue weighted by Crippen LogP contribution is 2.30. The van der Waals surface area contributed by atoms with E-state index in [-0.39, 0.29) is 5.82 Å². The van der Waals surface area contributed by atoms with Crippen molar-refractivity contribution in [1.82, 2.24) is 19.7 Å². The maximum atomic E-state index is 12.6. The van der Waals surface area contributed by atoms with Crippen LogP contribution >= 0.6 is 0 Å². The molecule has 1 N–H and O–H groups in total. The lowest BCUT2D eigenvalue weighted by Gasteiger charge is -2.09. The Bertz CT molecular complexity index is 644. The van der Waals surface area contributed by atoms with Gasteiger partial charge in [-0.2, -0.15) is 31.4 Å². The monoisotopic (exact) mass is 311 g/mol. The van der Waals surface area contributed by atoms with Crippen LogP contribution in [-0.2, 0) is 12.4 Å². The summed E-state index contributed by atoms with van der Waals surface area (Å²) in [6.45, 7) is 0. The molecule has 0 unspecified atom stereocenters. The van der Waals surface area contributed by atoms with Crippen LogP contribution in [0.3, 0.4) is 0 Å². The number of halogens is 6. The van der Waals surface area contributed by atoms with Crippen molar-refractivity contribution in [3.63, 3.8) is 0 Å². The number of hydrogen-bond donors (Lipinski definition) is 1. The predicted molar refractivity (Wildman–Crippen MR) is 58.7 cm³/mol. The van der Waals surface area contributed by atoms with Crippen molar-refractivity contribution in [2.75, 3.05) is 12.4 Å². The molecule has 0 saturated heterocycles. The lowest BCUT2D eigenvalue weighted by molar-refractivity contribution is -0.145. The second kappa shape index (κ2) is 4.90. The summed E-state index contributed by atoms with van der Waals surface area (Å²) >= 11 is 0. The molecule has 0 saturated carbocycles. The first kappa shape index (κ1) is 15.1. The van der Waals surface area contributed by atoms with Gasteiger partial charge in [0.2, 0.25) is 5.82 Å². The van der Waals surface area contributed by atoms with Gasteiger partial charge >= 0.3 is 12.4 Å². The molecule has 2 aromatic rings. The van der Waals surface area contributed by atoms with E-state index in [9.17, 15) is 26.3 Å². The van der Waals surface area contributed by atoms with Gasteiger partial charge in [-0.3, -0.25) is 0 Å². The normalized spacial score (nSPS) is 12.5. The van der Waals surface area contributed by atoms with Gasteiger partial charge in [-0.05, 0) is 0 Å². The van der Waals surface area contributed by atoms with Crippen LogP contribution in [0.1, 0.15) is 11.4 Å². The van der Waals surface area contributed by atoms with Gasteiger partial charge in [-0.1, -0.05) is 0 Å². The van der Waals surface area contributed by atoms with E-state index >= 15 is 0 Å². The first-order valence-electron chi connectivity index (χ1n) is 5.37. The summed E-state index contributed by atoms with van der Waals surface area (Å²) < 4.78 is 75.9. The van der Waals surface area contributed by atoms with Crippen LogP contribution in [-0.4, -0.2) is 26.8 Å². The molecule has 21 heavy (non-hydrogen) atoms. The zero-order valence-corrected chi connectivity index (χ0v) is 10.3. The maximum Gasteiger partial charge on any atom is 0.451 e. The average Bonchev–Trinajstić information content (AvgIpc) is 2.86. The molecular weight excluding hydrogens is 304 g/mol. The van der Waals surface area contributed by atoms with Crippen molar-refractivity contribution in [3.05, 3.63) is 29.8 Å². The Kier molecular flexibility index (Phi) is 3.51. The van der Waals surface area contributed by atoms with Crippen LogP contribution in [0.5, 0.6) is 0 Å². The Morgan fingerprint density at radius 1 is 1.05 bits per heavy atom. The van der Waals surface area contributed by atoms with E-state index in [1.807, 2.05) is 0 Å². The van der Waals surface area contributed by atoms with Crippen LogP contribution in [0.4, 0.5) is 32.2 Å². The third kappa shape index (κ3) is 3.23. The quantitative estimate of drug-likeness (QED) is 0.867. The fraction of sp³-hybridized carbons (Fsp3) is 0.300. The molecule has 0 atom stereocenters. The molecule has 2 rings (SSSR count). The third-order valence-electron chi connectivity index (χ3n) is 2.37. The van der Waals surface area contributed by atoms with Crippen molar-refractivity contribution in [3.8, 4) is 5.82 Å². The molecule has 0 aliphatic rings. The lowest BCUT2D eigenvalue weighted by atomic mass is 10.3. The van der Waals surface area contributed by atoms with Gasteiger partial charge in [-0.15, -0.1) is 0 Å². The molecule has 0 aliphatic heterocycles. The topological polar surface area (TPSA) is 55.6 Å². The number of hydrogen-bond acceptors (Lipinski definition) is 4. The van der Waals surface area contributed by atoms with Crippen molar-refractivity contribution in [1.29, 1.82) is 0 Å². The summed E-state index contributed by atoms with van der Waals surface area (Å²) in [4.78, 5) is 6.37. The first-order valence-corrected chi connectivity index (χ1v) is 5.37. The summed E-state index contributed by atoms with van der Waals surface area (Å²) in [5.41, 5.74) is -1.10. The third-order valence-corrected chi connectivity index (χ3v) is 2.37. The Hall–Kier alpha value is -2.33. The van der Waals surface area contributed by atoms with Crippen LogP contribution in [0.15, 0.2) is 18.5 Å². The predicted octanol–water partition coefficient (Wildman–Crippen LogP) is 2.74. The summed E-state index contributed by atoms with van der Waals surface area (Å²) in [6.07, 6.45) is -8.44. The second-order valence-corrected chi connectivity index (χ2v) is 3.85. The molecule has 11 heteroatoms. The van der Waals surface area contributed by atoms with Crippen molar-refractivity contribution < 1.29 is 26.3 Å². The molecule has 0 amide bonds. The molecule has 0 bridgehead atoms.